The molecule has 0 radical (unpaired) electrons. The van der Waals surface area contributed by atoms with Crippen molar-refractivity contribution in [3.8, 4) is 0 Å². The van der Waals surface area contributed by atoms with Crippen molar-refractivity contribution >= 4 is 22.5 Å². The van der Waals surface area contributed by atoms with Crippen LogP contribution in [-0.2, 0) is 11.6 Å². The number of fused-ring (bicyclic) bond motifs is 1. The SMILES string of the molecule is CC(C)(C)c1c(C(F)(F)F)c(Cl)cc2[nH]ncc12. The van der Waals surface area contributed by atoms with Gasteiger partial charge in [-0.25, -0.2) is 0 Å². The number of nitrogens with one attached hydrogen (secondary N) is 1. The molecule has 98 valence electrons. The van der Waals surface area contributed by atoms with Gasteiger partial charge in [0.2, 0.25) is 0 Å². The van der Waals surface area contributed by atoms with Crippen LogP contribution in [0.15, 0.2) is 12.3 Å². The van der Waals surface area contributed by atoms with Gasteiger partial charge in [-0.2, -0.15) is 18.3 Å². The minimum absolute atomic E-state index is 0.172. The molecule has 18 heavy (non-hydrogen) atoms. The molecule has 1 aromatic heterocycles. The van der Waals surface area contributed by atoms with Crippen LogP contribution in [0.5, 0.6) is 0 Å². The highest BCUT2D eigenvalue weighted by atomic mass is 35.5. The van der Waals surface area contributed by atoms with Crippen molar-refractivity contribution in [2.24, 2.45) is 0 Å². The summed E-state index contributed by atoms with van der Waals surface area (Å²) < 4.78 is 39.5. The normalized spacial score (nSPS) is 13.3. The first-order valence-electron chi connectivity index (χ1n) is 5.35. The van der Waals surface area contributed by atoms with Crippen molar-refractivity contribution in [2.75, 3.05) is 0 Å². The van der Waals surface area contributed by atoms with Gasteiger partial charge in [-0.3, -0.25) is 5.10 Å². The van der Waals surface area contributed by atoms with E-state index in [9.17, 15) is 13.2 Å². The van der Waals surface area contributed by atoms with E-state index in [0.717, 1.165) is 0 Å². The zero-order chi connectivity index (χ0) is 13.7. The van der Waals surface area contributed by atoms with Gasteiger partial charge >= 0.3 is 6.18 Å². The Kier molecular flexibility index (Phi) is 2.85. The fourth-order valence-electron chi connectivity index (χ4n) is 2.11. The van der Waals surface area contributed by atoms with Gasteiger partial charge in [0.1, 0.15) is 0 Å². The van der Waals surface area contributed by atoms with Gasteiger partial charge in [0, 0.05) is 5.39 Å². The minimum atomic E-state index is -4.48. The number of benzene rings is 1. The predicted octanol–water partition coefficient (Wildman–Crippen LogP) is 4.53. The molecule has 0 fully saturated rings. The first-order valence-corrected chi connectivity index (χ1v) is 5.73. The Morgan fingerprint density at radius 3 is 2.28 bits per heavy atom. The van der Waals surface area contributed by atoms with Crippen LogP contribution < -0.4 is 0 Å². The van der Waals surface area contributed by atoms with Crippen LogP contribution in [0.3, 0.4) is 0 Å². The van der Waals surface area contributed by atoms with Crippen LogP contribution in [0.4, 0.5) is 13.2 Å². The third-order valence-corrected chi connectivity index (χ3v) is 3.03. The Morgan fingerprint density at radius 2 is 1.78 bits per heavy atom. The Hall–Kier alpha value is -1.23. The van der Waals surface area contributed by atoms with Crippen molar-refractivity contribution in [2.45, 2.75) is 32.4 Å². The van der Waals surface area contributed by atoms with E-state index in [4.69, 9.17) is 11.6 Å². The summed E-state index contributed by atoms with van der Waals surface area (Å²) in [5, 5.41) is 6.59. The maximum absolute atomic E-state index is 13.2. The summed E-state index contributed by atoms with van der Waals surface area (Å²) in [5.41, 5.74) is -0.771. The first-order chi connectivity index (χ1) is 8.12. The average molecular weight is 277 g/mol. The predicted molar refractivity (Wildman–Crippen MR) is 64.8 cm³/mol. The smallest absolute Gasteiger partial charge is 0.278 e. The second kappa shape index (κ2) is 3.88. The van der Waals surface area contributed by atoms with Crippen molar-refractivity contribution in [1.82, 2.24) is 10.2 Å². The summed E-state index contributed by atoms with van der Waals surface area (Å²) in [6.45, 7) is 5.17. The zero-order valence-corrected chi connectivity index (χ0v) is 10.9. The van der Waals surface area contributed by atoms with Crippen molar-refractivity contribution in [3.63, 3.8) is 0 Å². The lowest BCUT2D eigenvalue weighted by Crippen LogP contribution is -2.20. The van der Waals surface area contributed by atoms with E-state index in [2.05, 4.69) is 10.2 Å². The fourth-order valence-corrected chi connectivity index (χ4v) is 2.43. The maximum atomic E-state index is 13.2. The first kappa shape index (κ1) is 13.2. The molecule has 6 heteroatoms. The Balaban J connectivity index is 2.95. The van der Waals surface area contributed by atoms with E-state index >= 15 is 0 Å². The molecule has 0 spiro atoms. The van der Waals surface area contributed by atoms with Gasteiger partial charge in [-0.1, -0.05) is 32.4 Å². The number of hydrogen-bond donors (Lipinski definition) is 1. The van der Waals surface area contributed by atoms with E-state index in [0.29, 0.717) is 10.9 Å². The fraction of sp³-hybridized carbons (Fsp3) is 0.417. The lowest BCUT2D eigenvalue weighted by atomic mass is 9.81. The monoisotopic (exact) mass is 276 g/mol. The number of rotatable bonds is 0. The van der Waals surface area contributed by atoms with E-state index in [1.165, 1.54) is 12.3 Å². The lowest BCUT2D eigenvalue weighted by molar-refractivity contribution is -0.138. The third-order valence-electron chi connectivity index (χ3n) is 2.73. The van der Waals surface area contributed by atoms with Gasteiger partial charge in [0.25, 0.3) is 0 Å². The molecule has 2 nitrogen and oxygen atoms in total. The molecule has 0 saturated carbocycles. The van der Waals surface area contributed by atoms with Gasteiger partial charge in [0.05, 0.1) is 22.3 Å². The van der Waals surface area contributed by atoms with Crippen molar-refractivity contribution in [3.05, 3.63) is 28.4 Å². The Bertz CT molecular complexity index is 594. The Labute approximate surface area is 107 Å². The van der Waals surface area contributed by atoms with Gasteiger partial charge < -0.3 is 0 Å². The zero-order valence-electron chi connectivity index (χ0n) is 10.1. The number of H-pyrrole nitrogens is 1. The van der Waals surface area contributed by atoms with Gasteiger partial charge in [-0.15, -0.1) is 0 Å². The number of aromatic amines is 1. The van der Waals surface area contributed by atoms with Crippen LogP contribution >= 0.6 is 11.6 Å². The van der Waals surface area contributed by atoms with Crippen LogP contribution in [0.1, 0.15) is 31.9 Å². The molecule has 0 aliphatic rings. The molecular weight excluding hydrogens is 265 g/mol. The molecule has 0 unspecified atom stereocenters. The molecule has 2 rings (SSSR count). The number of alkyl halides is 3. The quantitative estimate of drug-likeness (QED) is 0.752. The molecule has 1 heterocycles. The van der Waals surface area contributed by atoms with E-state index in [-0.39, 0.29) is 10.6 Å². The molecule has 0 saturated heterocycles. The summed E-state index contributed by atoms with van der Waals surface area (Å²) in [7, 11) is 0. The lowest BCUT2D eigenvalue weighted by Gasteiger charge is -2.25. The second-order valence-corrected chi connectivity index (χ2v) is 5.59. The highest BCUT2D eigenvalue weighted by molar-refractivity contribution is 6.32. The van der Waals surface area contributed by atoms with Crippen molar-refractivity contribution < 1.29 is 13.2 Å². The molecule has 0 bridgehead atoms. The van der Waals surface area contributed by atoms with Crippen LogP contribution in [-0.4, -0.2) is 10.2 Å². The van der Waals surface area contributed by atoms with Crippen LogP contribution in [0.2, 0.25) is 5.02 Å². The Morgan fingerprint density at radius 1 is 1.17 bits per heavy atom. The molecule has 1 aromatic carbocycles. The largest absolute Gasteiger partial charge is 0.418 e. The summed E-state index contributed by atoms with van der Waals surface area (Å²) in [4.78, 5) is 0. The van der Waals surface area contributed by atoms with E-state index in [1.807, 2.05) is 0 Å². The highest BCUT2D eigenvalue weighted by Gasteiger charge is 2.40. The molecule has 2 aromatic rings. The maximum Gasteiger partial charge on any atom is 0.418 e. The van der Waals surface area contributed by atoms with Gasteiger partial charge in [-0.05, 0) is 17.0 Å². The third kappa shape index (κ3) is 2.07. The summed E-state index contributed by atoms with van der Waals surface area (Å²) in [6, 6.07) is 1.27. The van der Waals surface area contributed by atoms with Crippen LogP contribution in [0.25, 0.3) is 10.9 Å². The topological polar surface area (TPSA) is 28.7 Å². The van der Waals surface area contributed by atoms with E-state index in [1.54, 1.807) is 20.8 Å². The summed E-state index contributed by atoms with van der Waals surface area (Å²) >= 11 is 5.79. The molecule has 0 atom stereocenters. The van der Waals surface area contributed by atoms with Crippen molar-refractivity contribution in [1.29, 1.82) is 0 Å². The highest BCUT2D eigenvalue weighted by Crippen LogP contribution is 2.44. The minimum Gasteiger partial charge on any atom is -0.278 e. The second-order valence-electron chi connectivity index (χ2n) is 5.19. The van der Waals surface area contributed by atoms with Gasteiger partial charge in [0.15, 0.2) is 0 Å². The molecule has 1 N–H and O–H groups in total. The summed E-state index contributed by atoms with van der Waals surface area (Å²) in [5.74, 6) is 0. The molecule has 0 aliphatic heterocycles. The molecular formula is C12H12ClF3N2. The number of nitrogens with zero attached hydrogens (tertiary/aromatic N) is 1. The average Bonchev–Trinajstić information content (AvgIpc) is 2.58. The number of hydrogen-bond acceptors (Lipinski definition) is 1. The number of aromatic nitrogens is 2. The molecule has 0 aliphatic carbocycles. The van der Waals surface area contributed by atoms with Crippen LogP contribution in [0, 0.1) is 0 Å². The number of halogens is 4. The molecule has 0 amide bonds. The summed E-state index contributed by atoms with van der Waals surface area (Å²) in [6.07, 6.45) is -3.08. The van der Waals surface area contributed by atoms with E-state index < -0.39 is 17.2 Å². The standard InChI is InChI=1S/C12H12ClF3N2/c1-11(2,3)9-6-5-17-18-8(6)4-7(13)10(9)12(14,15)16/h4-5H,1-3H3,(H,17,18).